The molecule has 0 aliphatic heterocycles. The molecule has 0 aromatic heterocycles. The van der Waals surface area contributed by atoms with Crippen LogP contribution in [0.15, 0.2) is 170 Å². The third-order valence-electron chi connectivity index (χ3n) is 9.20. The first kappa shape index (κ1) is 24.8. The highest BCUT2D eigenvalue weighted by Gasteiger charge is 2.14. The van der Waals surface area contributed by atoms with Gasteiger partial charge >= 0.3 is 0 Å². The average Bonchev–Trinajstić information content (AvgIpc) is 3.11. The zero-order chi connectivity index (χ0) is 29.0. The molecule has 0 bridgehead atoms. The van der Waals surface area contributed by atoms with Gasteiger partial charge in [-0.25, -0.2) is 0 Å². The van der Waals surface area contributed by atoms with Crippen molar-refractivity contribution in [2.75, 3.05) is 0 Å². The Bertz CT molecular complexity index is 2520. The van der Waals surface area contributed by atoms with E-state index in [0.717, 1.165) is 0 Å². The Kier molecular flexibility index (Phi) is 5.61. The van der Waals surface area contributed by atoms with Gasteiger partial charge in [0, 0.05) is 0 Å². The van der Waals surface area contributed by atoms with Crippen molar-refractivity contribution in [2.24, 2.45) is 0 Å². The van der Waals surface area contributed by atoms with Crippen LogP contribution in [0.3, 0.4) is 0 Å². The van der Waals surface area contributed by atoms with Crippen LogP contribution in [0.5, 0.6) is 0 Å². The summed E-state index contributed by atoms with van der Waals surface area (Å²) in [4.78, 5) is 0. The van der Waals surface area contributed by atoms with Crippen molar-refractivity contribution in [1.82, 2.24) is 0 Å². The summed E-state index contributed by atoms with van der Waals surface area (Å²) >= 11 is 0. The van der Waals surface area contributed by atoms with Crippen molar-refractivity contribution in [3.63, 3.8) is 0 Å². The predicted octanol–water partition coefficient (Wildman–Crippen LogP) is 12.5. The van der Waals surface area contributed by atoms with Gasteiger partial charge in [-0.3, -0.25) is 0 Å². The van der Waals surface area contributed by atoms with Crippen molar-refractivity contribution < 1.29 is 0 Å². The second kappa shape index (κ2) is 9.93. The summed E-state index contributed by atoms with van der Waals surface area (Å²) in [7, 11) is 0. The van der Waals surface area contributed by atoms with Crippen LogP contribution in [0.25, 0.3) is 87.2 Å². The maximum atomic E-state index is 2.41. The van der Waals surface area contributed by atoms with Crippen LogP contribution in [0.2, 0.25) is 0 Å². The predicted molar refractivity (Wildman–Crippen MR) is 190 cm³/mol. The molecular formula is C44H28. The molecule has 0 saturated carbocycles. The minimum absolute atomic E-state index is 1.23. The Balaban J connectivity index is 1.28. The fourth-order valence-corrected chi connectivity index (χ4v) is 7.01. The molecule has 0 N–H and O–H groups in total. The Morgan fingerprint density at radius 3 is 1.30 bits per heavy atom. The molecule has 0 nitrogen and oxygen atoms in total. The van der Waals surface area contributed by atoms with Gasteiger partial charge in [0.2, 0.25) is 0 Å². The number of hydrogen-bond acceptors (Lipinski definition) is 0. The Morgan fingerprint density at radius 1 is 0.205 bits per heavy atom. The topological polar surface area (TPSA) is 0 Å². The highest BCUT2D eigenvalue weighted by Crippen LogP contribution is 2.41. The summed E-state index contributed by atoms with van der Waals surface area (Å²) in [6.07, 6.45) is 0. The molecule has 44 heavy (non-hydrogen) atoms. The number of rotatable bonds is 3. The van der Waals surface area contributed by atoms with E-state index in [1.807, 2.05) is 0 Å². The lowest BCUT2D eigenvalue weighted by Gasteiger charge is -2.16. The van der Waals surface area contributed by atoms with Crippen LogP contribution in [0.4, 0.5) is 0 Å². The minimum Gasteiger partial charge on any atom is -0.0622 e. The second-order valence-electron chi connectivity index (χ2n) is 11.7. The smallest absolute Gasteiger partial charge is 0.00928 e. The molecule has 9 rings (SSSR count). The fourth-order valence-electron chi connectivity index (χ4n) is 7.01. The Hall–Kier alpha value is -5.72. The SMILES string of the molecule is c1ccc(-c2cc3ccccc3cc2-c2ccc3c4ccc(-c5ccc6ccccc6c5)cc4c4ccccc4c3c2)cc1. The number of benzene rings is 9. The van der Waals surface area contributed by atoms with Gasteiger partial charge in [0.15, 0.2) is 0 Å². The van der Waals surface area contributed by atoms with E-state index < -0.39 is 0 Å². The molecule has 0 atom stereocenters. The van der Waals surface area contributed by atoms with Crippen molar-refractivity contribution in [3.05, 3.63) is 170 Å². The molecule has 0 radical (unpaired) electrons. The highest BCUT2D eigenvalue weighted by molar-refractivity contribution is 6.26. The molecule has 0 aliphatic carbocycles. The van der Waals surface area contributed by atoms with Crippen LogP contribution in [-0.2, 0) is 0 Å². The van der Waals surface area contributed by atoms with E-state index in [2.05, 4.69) is 170 Å². The highest BCUT2D eigenvalue weighted by atomic mass is 14.2. The Morgan fingerprint density at radius 2 is 0.636 bits per heavy atom. The van der Waals surface area contributed by atoms with Crippen molar-refractivity contribution in [2.45, 2.75) is 0 Å². The lowest BCUT2D eigenvalue weighted by Crippen LogP contribution is -1.89. The van der Waals surface area contributed by atoms with E-state index in [4.69, 9.17) is 0 Å². The van der Waals surface area contributed by atoms with Crippen molar-refractivity contribution in [3.8, 4) is 33.4 Å². The van der Waals surface area contributed by atoms with Gasteiger partial charge in [-0.2, -0.15) is 0 Å². The molecule has 0 spiro atoms. The molecule has 204 valence electrons. The zero-order valence-corrected chi connectivity index (χ0v) is 24.2. The van der Waals surface area contributed by atoms with Gasteiger partial charge in [0.05, 0.1) is 0 Å². The molecule has 0 aliphatic rings. The van der Waals surface area contributed by atoms with Crippen LogP contribution in [0, 0.1) is 0 Å². The quantitative estimate of drug-likeness (QED) is 0.190. The molecule has 9 aromatic rings. The summed E-state index contributed by atoms with van der Waals surface area (Å²) in [5, 5.41) is 12.8. The summed E-state index contributed by atoms with van der Waals surface area (Å²) in [6.45, 7) is 0. The van der Waals surface area contributed by atoms with Gasteiger partial charge in [-0.05, 0) is 118 Å². The first-order valence-electron chi connectivity index (χ1n) is 15.3. The standard InChI is InChI=1S/C44H28/c1-2-11-30(12-3-1)41-25-32-14-6-7-15-33(32)26-42(41)36-21-23-40-39-22-20-35(34-19-18-29-10-4-5-13-31(29)24-34)27-43(39)37-16-8-9-17-38(37)44(40)28-36/h1-28H. The van der Waals surface area contributed by atoms with Gasteiger partial charge < -0.3 is 0 Å². The van der Waals surface area contributed by atoms with E-state index in [1.54, 1.807) is 0 Å². The maximum absolute atomic E-state index is 2.41. The van der Waals surface area contributed by atoms with E-state index >= 15 is 0 Å². The molecule has 0 heterocycles. The largest absolute Gasteiger partial charge is 0.0622 e. The Labute approximate surface area is 256 Å². The van der Waals surface area contributed by atoms with Crippen LogP contribution >= 0.6 is 0 Å². The number of fused-ring (bicyclic) bond motifs is 8. The lowest BCUT2D eigenvalue weighted by atomic mass is 9.88. The van der Waals surface area contributed by atoms with Gasteiger partial charge in [-0.1, -0.05) is 140 Å². The maximum Gasteiger partial charge on any atom is -0.00928 e. The summed E-state index contributed by atoms with van der Waals surface area (Å²) in [5.41, 5.74) is 7.47. The lowest BCUT2D eigenvalue weighted by molar-refractivity contribution is 1.62. The third-order valence-corrected chi connectivity index (χ3v) is 9.20. The normalized spacial score (nSPS) is 11.6. The van der Waals surface area contributed by atoms with Crippen LogP contribution in [-0.4, -0.2) is 0 Å². The van der Waals surface area contributed by atoms with Crippen LogP contribution < -0.4 is 0 Å². The molecular weight excluding hydrogens is 528 g/mol. The summed E-state index contributed by atoms with van der Waals surface area (Å²) in [6, 6.07) is 62.4. The van der Waals surface area contributed by atoms with Crippen molar-refractivity contribution in [1.29, 1.82) is 0 Å². The van der Waals surface area contributed by atoms with E-state index in [-0.39, 0.29) is 0 Å². The first-order valence-corrected chi connectivity index (χ1v) is 15.3. The minimum atomic E-state index is 1.23. The molecule has 0 saturated heterocycles. The molecule has 0 amide bonds. The summed E-state index contributed by atoms with van der Waals surface area (Å²) in [5.74, 6) is 0. The average molecular weight is 557 g/mol. The van der Waals surface area contributed by atoms with Crippen molar-refractivity contribution >= 4 is 53.9 Å². The zero-order valence-electron chi connectivity index (χ0n) is 24.2. The molecule has 0 unspecified atom stereocenters. The van der Waals surface area contributed by atoms with E-state index in [0.29, 0.717) is 0 Å². The van der Waals surface area contributed by atoms with Gasteiger partial charge in [0.1, 0.15) is 0 Å². The van der Waals surface area contributed by atoms with Gasteiger partial charge in [0.25, 0.3) is 0 Å². The second-order valence-corrected chi connectivity index (χ2v) is 11.7. The molecule has 9 aromatic carbocycles. The first-order chi connectivity index (χ1) is 21.8. The van der Waals surface area contributed by atoms with E-state index in [1.165, 1.54) is 87.2 Å². The molecule has 0 heteroatoms. The molecule has 0 fully saturated rings. The van der Waals surface area contributed by atoms with Gasteiger partial charge in [-0.15, -0.1) is 0 Å². The monoisotopic (exact) mass is 556 g/mol. The number of hydrogen-bond donors (Lipinski definition) is 0. The van der Waals surface area contributed by atoms with Crippen LogP contribution in [0.1, 0.15) is 0 Å². The van der Waals surface area contributed by atoms with E-state index in [9.17, 15) is 0 Å². The third kappa shape index (κ3) is 4.00. The fraction of sp³-hybridized carbons (Fsp3) is 0. The summed E-state index contributed by atoms with van der Waals surface area (Å²) < 4.78 is 0.